The summed E-state index contributed by atoms with van der Waals surface area (Å²) in [6.45, 7) is 0. The highest BCUT2D eigenvalue weighted by Gasteiger charge is 2.51. The van der Waals surface area contributed by atoms with Crippen LogP contribution in [0.1, 0.15) is 41.9 Å². The number of rotatable bonds is 5. The van der Waals surface area contributed by atoms with Crippen LogP contribution in [0.2, 0.25) is 0 Å². The summed E-state index contributed by atoms with van der Waals surface area (Å²) >= 11 is 0. The summed E-state index contributed by atoms with van der Waals surface area (Å²) in [5, 5.41) is 0. The Kier molecular flexibility index (Phi) is 3.09. The molecule has 0 saturated heterocycles. The molecule has 1 fully saturated rings. The molecule has 2 aromatic carbocycles. The van der Waals surface area contributed by atoms with Crippen molar-refractivity contribution in [2.45, 2.75) is 43.1 Å². The Morgan fingerprint density at radius 2 is 1.76 bits per heavy atom. The van der Waals surface area contributed by atoms with Crippen LogP contribution in [0, 0.1) is 0 Å². The molecule has 108 valence electrons. The molecule has 0 amide bonds. The monoisotopic (exact) mass is 278 g/mol. The predicted octanol–water partition coefficient (Wildman–Crippen LogP) is 3.28. The Morgan fingerprint density at radius 1 is 1.05 bits per heavy atom. The van der Waals surface area contributed by atoms with E-state index >= 15 is 0 Å². The summed E-state index contributed by atoms with van der Waals surface area (Å²) in [7, 11) is 0. The highest BCUT2D eigenvalue weighted by molar-refractivity contribution is 5.41. The lowest BCUT2D eigenvalue weighted by Crippen LogP contribution is -2.46. The Hall–Kier alpha value is -1.64. The Labute approximate surface area is 126 Å². The first-order valence-electron chi connectivity index (χ1n) is 7.93. The first-order chi connectivity index (χ1) is 10.3. The average Bonchev–Trinajstić information content (AvgIpc) is 3.31. The van der Waals surface area contributed by atoms with Gasteiger partial charge in [-0.15, -0.1) is 0 Å². The van der Waals surface area contributed by atoms with E-state index in [9.17, 15) is 0 Å². The van der Waals surface area contributed by atoms with Crippen LogP contribution in [0.4, 0.5) is 0 Å². The fourth-order valence-electron chi connectivity index (χ4n) is 4.05. The van der Waals surface area contributed by atoms with Gasteiger partial charge < -0.3 is 0 Å². The zero-order chi connectivity index (χ0) is 14.3. The van der Waals surface area contributed by atoms with Gasteiger partial charge in [-0.1, -0.05) is 54.6 Å². The molecule has 0 aromatic heterocycles. The van der Waals surface area contributed by atoms with Crippen molar-refractivity contribution in [2.24, 2.45) is 5.84 Å². The van der Waals surface area contributed by atoms with Crippen molar-refractivity contribution in [3.05, 3.63) is 71.3 Å². The normalized spacial score (nSPS) is 23.0. The maximum atomic E-state index is 5.93. The Morgan fingerprint density at radius 3 is 2.43 bits per heavy atom. The molecule has 0 aliphatic heterocycles. The highest BCUT2D eigenvalue weighted by atomic mass is 15.2. The van der Waals surface area contributed by atoms with Crippen molar-refractivity contribution in [3.63, 3.8) is 0 Å². The van der Waals surface area contributed by atoms with Crippen LogP contribution in [0.3, 0.4) is 0 Å². The molecule has 3 N–H and O–H groups in total. The van der Waals surface area contributed by atoms with Crippen LogP contribution in [0.25, 0.3) is 0 Å². The molecule has 2 aromatic rings. The van der Waals surface area contributed by atoms with Crippen LogP contribution >= 0.6 is 0 Å². The number of hydrogen-bond donors (Lipinski definition) is 2. The van der Waals surface area contributed by atoms with Gasteiger partial charge in [-0.3, -0.25) is 11.3 Å². The van der Waals surface area contributed by atoms with Crippen LogP contribution < -0.4 is 11.3 Å². The second-order valence-electron chi connectivity index (χ2n) is 6.58. The highest BCUT2D eigenvalue weighted by Crippen LogP contribution is 2.53. The van der Waals surface area contributed by atoms with Gasteiger partial charge in [0.25, 0.3) is 0 Å². The second kappa shape index (κ2) is 4.97. The molecule has 1 saturated carbocycles. The molecule has 2 heteroatoms. The van der Waals surface area contributed by atoms with Crippen LogP contribution in [-0.2, 0) is 11.8 Å². The third kappa shape index (κ3) is 2.10. The van der Waals surface area contributed by atoms with Gasteiger partial charge in [-0.25, -0.2) is 0 Å². The minimum Gasteiger partial charge on any atom is -0.271 e. The number of hydrogen-bond acceptors (Lipinski definition) is 2. The van der Waals surface area contributed by atoms with Crippen LogP contribution in [0.5, 0.6) is 0 Å². The van der Waals surface area contributed by atoms with Gasteiger partial charge in [0.1, 0.15) is 0 Å². The molecule has 2 unspecified atom stereocenters. The topological polar surface area (TPSA) is 38.0 Å². The summed E-state index contributed by atoms with van der Waals surface area (Å²) < 4.78 is 0. The standard InChI is InChI=1S/C19H22N2/c20-21-18(13-15-12-14-6-4-5-9-17(14)15)19(10-11-19)16-7-2-1-3-8-16/h1-9,15,18,21H,10-13,20H2. The molecular formula is C19H22N2. The van der Waals surface area contributed by atoms with Crippen molar-refractivity contribution in [2.75, 3.05) is 0 Å². The van der Waals surface area contributed by atoms with E-state index in [0.29, 0.717) is 12.0 Å². The van der Waals surface area contributed by atoms with Gasteiger partial charge in [-0.05, 0) is 48.3 Å². The van der Waals surface area contributed by atoms with Gasteiger partial charge in [0, 0.05) is 11.5 Å². The van der Waals surface area contributed by atoms with Gasteiger partial charge in [0.05, 0.1) is 0 Å². The first-order valence-corrected chi connectivity index (χ1v) is 7.93. The summed E-state index contributed by atoms with van der Waals surface area (Å²) in [4.78, 5) is 0. The van der Waals surface area contributed by atoms with E-state index in [0.717, 1.165) is 6.42 Å². The molecule has 2 aliphatic carbocycles. The molecule has 2 nitrogen and oxygen atoms in total. The molecule has 0 radical (unpaired) electrons. The van der Waals surface area contributed by atoms with Gasteiger partial charge >= 0.3 is 0 Å². The molecule has 0 spiro atoms. The summed E-state index contributed by atoms with van der Waals surface area (Å²) in [5.41, 5.74) is 7.89. The molecule has 21 heavy (non-hydrogen) atoms. The van der Waals surface area contributed by atoms with Crippen molar-refractivity contribution >= 4 is 0 Å². The Bertz CT molecular complexity index is 631. The van der Waals surface area contributed by atoms with Crippen molar-refractivity contribution in [1.82, 2.24) is 5.43 Å². The number of hydrazine groups is 1. The van der Waals surface area contributed by atoms with E-state index in [1.165, 1.54) is 36.0 Å². The summed E-state index contributed by atoms with van der Waals surface area (Å²) in [5.74, 6) is 6.60. The zero-order valence-corrected chi connectivity index (χ0v) is 12.3. The van der Waals surface area contributed by atoms with E-state index in [1.807, 2.05) is 0 Å². The predicted molar refractivity (Wildman–Crippen MR) is 86.0 cm³/mol. The molecule has 2 aliphatic rings. The Balaban J connectivity index is 1.54. The lowest BCUT2D eigenvalue weighted by Gasteiger charge is -2.36. The van der Waals surface area contributed by atoms with Crippen molar-refractivity contribution in [3.8, 4) is 0 Å². The average molecular weight is 278 g/mol. The summed E-state index contributed by atoms with van der Waals surface area (Å²) in [6.07, 6.45) is 4.85. The van der Waals surface area contributed by atoms with E-state index in [1.54, 1.807) is 0 Å². The third-order valence-electron chi connectivity index (χ3n) is 5.49. The lowest BCUT2D eigenvalue weighted by atomic mass is 9.71. The third-order valence-corrected chi connectivity index (χ3v) is 5.49. The number of fused-ring (bicyclic) bond motifs is 1. The van der Waals surface area contributed by atoms with Crippen molar-refractivity contribution in [1.29, 1.82) is 0 Å². The quantitative estimate of drug-likeness (QED) is 0.650. The summed E-state index contributed by atoms with van der Waals surface area (Å²) in [6, 6.07) is 20.1. The van der Waals surface area contributed by atoms with Gasteiger partial charge in [-0.2, -0.15) is 0 Å². The minimum atomic E-state index is 0.264. The van der Waals surface area contributed by atoms with E-state index in [-0.39, 0.29) is 5.41 Å². The van der Waals surface area contributed by atoms with Gasteiger partial charge in [0.2, 0.25) is 0 Å². The van der Waals surface area contributed by atoms with E-state index in [4.69, 9.17) is 5.84 Å². The number of nitrogens with two attached hydrogens (primary N) is 1. The van der Waals surface area contributed by atoms with Crippen LogP contribution in [-0.4, -0.2) is 6.04 Å². The maximum absolute atomic E-state index is 5.93. The van der Waals surface area contributed by atoms with Gasteiger partial charge in [0.15, 0.2) is 0 Å². The maximum Gasteiger partial charge on any atom is 0.0313 e. The molecular weight excluding hydrogens is 256 g/mol. The molecule has 0 bridgehead atoms. The minimum absolute atomic E-state index is 0.264. The molecule has 4 rings (SSSR count). The fraction of sp³-hybridized carbons (Fsp3) is 0.368. The smallest absolute Gasteiger partial charge is 0.0313 e. The van der Waals surface area contributed by atoms with E-state index in [2.05, 4.69) is 60.0 Å². The van der Waals surface area contributed by atoms with Crippen molar-refractivity contribution < 1.29 is 0 Å². The fourth-order valence-corrected chi connectivity index (χ4v) is 4.05. The first kappa shape index (κ1) is 13.1. The lowest BCUT2D eigenvalue weighted by molar-refractivity contribution is 0.356. The van der Waals surface area contributed by atoms with Crippen LogP contribution in [0.15, 0.2) is 54.6 Å². The van der Waals surface area contributed by atoms with E-state index < -0.39 is 0 Å². The molecule has 0 heterocycles. The molecule has 2 atom stereocenters. The largest absolute Gasteiger partial charge is 0.271 e. The zero-order valence-electron chi connectivity index (χ0n) is 12.3. The second-order valence-corrected chi connectivity index (χ2v) is 6.58. The number of benzene rings is 2. The number of nitrogens with one attached hydrogen (secondary N) is 1. The SMILES string of the molecule is NNC(CC1Cc2ccccc21)C1(c2ccccc2)CC1.